The molecule has 0 atom stereocenters. The van der Waals surface area contributed by atoms with E-state index in [-0.39, 0.29) is 30.2 Å². The predicted octanol–water partition coefficient (Wildman–Crippen LogP) is 3.47. The number of fused-ring (bicyclic) bond motifs is 1. The van der Waals surface area contributed by atoms with Gasteiger partial charge in [-0.3, -0.25) is 14.9 Å². The van der Waals surface area contributed by atoms with Gasteiger partial charge in [0.05, 0.1) is 5.75 Å². The standard InChI is InChI=1S/C21H17FN4O4S2/c22-15-5-1-14(2-6-15)10-23-19(28)11-31-21-26-25-20(32-21)24-18(27)8-4-13-3-7-16-17(9-13)30-12-29-16/h1-9H,10-12H2,(H,23,28)(H,24,25,27)/b8-4+. The van der Waals surface area contributed by atoms with E-state index in [0.29, 0.717) is 27.5 Å². The molecule has 8 nitrogen and oxygen atoms in total. The average Bonchev–Trinajstić information content (AvgIpc) is 3.44. The van der Waals surface area contributed by atoms with Crippen molar-refractivity contribution in [2.45, 2.75) is 10.9 Å². The number of aromatic nitrogens is 2. The molecule has 1 aliphatic rings. The van der Waals surface area contributed by atoms with Gasteiger partial charge >= 0.3 is 0 Å². The van der Waals surface area contributed by atoms with Crippen LogP contribution in [-0.4, -0.2) is 34.6 Å². The number of carbonyl (C=O) groups is 2. The van der Waals surface area contributed by atoms with Crippen LogP contribution in [0.4, 0.5) is 9.52 Å². The summed E-state index contributed by atoms with van der Waals surface area (Å²) < 4.78 is 24.0. The van der Waals surface area contributed by atoms with E-state index < -0.39 is 0 Å². The summed E-state index contributed by atoms with van der Waals surface area (Å²) in [6, 6.07) is 11.3. The van der Waals surface area contributed by atoms with Gasteiger partial charge in [-0.15, -0.1) is 10.2 Å². The molecule has 0 radical (unpaired) electrons. The highest BCUT2D eigenvalue weighted by Gasteiger charge is 2.13. The lowest BCUT2D eigenvalue weighted by molar-refractivity contribution is -0.118. The van der Waals surface area contributed by atoms with Crippen LogP contribution in [0.5, 0.6) is 11.5 Å². The number of amides is 2. The zero-order valence-electron chi connectivity index (χ0n) is 16.5. The average molecular weight is 473 g/mol. The zero-order valence-corrected chi connectivity index (χ0v) is 18.2. The topological polar surface area (TPSA) is 102 Å². The van der Waals surface area contributed by atoms with Crippen LogP contribution in [0, 0.1) is 5.82 Å². The van der Waals surface area contributed by atoms with Gasteiger partial charge in [-0.25, -0.2) is 4.39 Å². The summed E-state index contributed by atoms with van der Waals surface area (Å²) >= 11 is 2.39. The van der Waals surface area contributed by atoms with E-state index in [1.54, 1.807) is 30.3 Å². The molecule has 2 heterocycles. The van der Waals surface area contributed by atoms with Gasteiger partial charge in [0.25, 0.3) is 0 Å². The Morgan fingerprint density at radius 1 is 1.12 bits per heavy atom. The molecule has 4 rings (SSSR count). The second kappa shape index (κ2) is 10.2. The molecule has 0 spiro atoms. The maximum absolute atomic E-state index is 12.9. The third kappa shape index (κ3) is 6.05. The molecule has 0 bridgehead atoms. The van der Waals surface area contributed by atoms with Gasteiger partial charge in [0.2, 0.25) is 23.7 Å². The fourth-order valence-electron chi connectivity index (χ4n) is 2.64. The van der Waals surface area contributed by atoms with Crippen molar-refractivity contribution < 1.29 is 23.5 Å². The van der Waals surface area contributed by atoms with Gasteiger partial charge in [0, 0.05) is 12.6 Å². The Hall–Kier alpha value is -3.44. The van der Waals surface area contributed by atoms with E-state index in [2.05, 4.69) is 20.8 Å². The molecule has 1 aromatic heterocycles. The minimum atomic E-state index is -0.354. The monoisotopic (exact) mass is 472 g/mol. The fraction of sp³-hybridized carbons (Fsp3) is 0.143. The van der Waals surface area contributed by atoms with E-state index in [4.69, 9.17) is 9.47 Å². The van der Waals surface area contributed by atoms with Crippen LogP contribution < -0.4 is 20.1 Å². The smallest absolute Gasteiger partial charge is 0.250 e. The van der Waals surface area contributed by atoms with Crippen LogP contribution in [0.25, 0.3) is 6.08 Å². The van der Waals surface area contributed by atoms with Crippen molar-refractivity contribution in [3.05, 3.63) is 65.5 Å². The lowest BCUT2D eigenvalue weighted by Gasteiger charge is -2.04. The highest BCUT2D eigenvalue weighted by molar-refractivity contribution is 8.01. The Morgan fingerprint density at radius 2 is 1.94 bits per heavy atom. The largest absolute Gasteiger partial charge is 0.454 e. The first-order valence-electron chi connectivity index (χ1n) is 9.41. The first-order valence-corrected chi connectivity index (χ1v) is 11.2. The van der Waals surface area contributed by atoms with Gasteiger partial charge in [0.15, 0.2) is 15.8 Å². The molecule has 11 heteroatoms. The minimum Gasteiger partial charge on any atom is -0.454 e. The van der Waals surface area contributed by atoms with Gasteiger partial charge in [-0.05, 0) is 41.5 Å². The number of hydrogen-bond donors (Lipinski definition) is 2. The number of carbonyl (C=O) groups excluding carboxylic acids is 2. The molecular formula is C21H17FN4O4S2. The molecule has 0 aliphatic carbocycles. The van der Waals surface area contributed by atoms with Crippen molar-refractivity contribution >= 4 is 46.1 Å². The molecule has 0 saturated heterocycles. The summed E-state index contributed by atoms with van der Waals surface area (Å²) in [5.74, 6) is 0.598. The van der Waals surface area contributed by atoms with Crippen LogP contribution in [-0.2, 0) is 16.1 Å². The lowest BCUT2D eigenvalue weighted by Crippen LogP contribution is -2.24. The van der Waals surface area contributed by atoms with E-state index >= 15 is 0 Å². The number of hydrogen-bond acceptors (Lipinski definition) is 8. The van der Waals surface area contributed by atoms with E-state index in [0.717, 1.165) is 11.1 Å². The lowest BCUT2D eigenvalue weighted by atomic mass is 10.2. The molecule has 2 amide bonds. The first kappa shape index (κ1) is 21.8. The zero-order chi connectivity index (χ0) is 22.3. The van der Waals surface area contributed by atoms with Crippen molar-refractivity contribution in [1.29, 1.82) is 0 Å². The maximum Gasteiger partial charge on any atom is 0.250 e. The maximum atomic E-state index is 12.9. The molecule has 0 saturated carbocycles. The Labute approximate surface area is 190 Å². The summed E-state index contributed by atoms with van der Waals surface area (Å²) in [4.78, 5) is 24.1. The molecule has 2 aromatic carbocycles. The third-order valence-corrected chi connectivity index (χ3v) is 6.16. The van der Waals surface area contributed by atoms with Crippen molar-refractivity contribution in [2.24, 2.45) is 0 Å². The summed E-state index contributed by atoms with van der Waals surface area (Å²) in [6.45, 7) is 0.503. The molecule has 32 heavy (non-hydrogen) atoms. The second-order valence-electron chi connectivity index (χ2n) is 6.50. The van der Waals surface area contributed by atoms with Crippen molar-refractivity contribution in [2.75, 3.05) is 17.9 Å². The minimum absolute atomic E-state index is 0.147. The Bertz CT molecular complexity index is 1150. The molecule has 0 unspecified atom stereocenters. The predicted molar refractivity (Wildman–Crippen MR) is 119 cm³/mol. The number of halogens is 1. The Kier molecular flexibility index (Phi) is 6.97. The van der Waals surface area contributed by atoms with Crippen molar-refractivity contribution in [3.63, 3.8) is 0 Å². The molecule has 3 aromatic rings. The molecule has 2 N–H and O–H groups in total. The third-order valence-electron chi connectivity index (χ3n) is 4.19. The number of thioether (sulfide) groups is 1. The Morgan fingerprint density at radius 3 is 2.78 bits per heavy atom. The summed E-state index contributed by atoms with van der Waals surface area (Å²) in [7, 11) is 0. The molecule has 0 fully saturated rings. The number of nitrogens with one attached hydrogen (secondary N) is 2. The van der Waals surface area contributed by atoms with Gasteiger partial charge in [-0.2, -0.15) is 0 Å². The molecule has 164 valence electrons. The summed E-state index contributed by atoms with van der Waals surface area (Å²) in [5.41, 5.74) is 1.60. The quantitative estimate of drug-likeness (QED) is 0.294. The van der Waals surface area contributed by atoms with Crippen LogP contribution >= 0.6 is 23.1 Å². The highest BCUT2D eigenvalue weighted by atomic mass is 32.2. The van der Waals surface area contributed by atoms with Crippen LogP contribution in [0.3, 0.4) is 0 Å². The van der Waals surface area contributed by atoms with E-state index in [9.17, 15) is 14.0 Å². The number of ether oxygens (including phenoxy) is 2. The SMILES string of the molecule is O=C(/C=C/c1ccc2c(c1)OCO2)Nc1nnc(SCC(=O)NCc2ccc(F)cc2)s1. The van der Waals surface area contributed by atoms with E-state index in [1.165, 1.54) is 41.3 Å². The fourth-order valence-corrected chi connectivity index (χ4v) is 4.22. The van der Waals surface area contributed by atoms with E-state index in [1.807, 2.05) is 6.07 Å². The summed E-state index contributed by atoms with van der Waals surface area (Å²) in [5, 5.41) is 13.6. The number of anilines is 1. The van der Waals surface area contributed by atoms with Gasteiger partial charge < -0.3 is 14.8 Å². The van der Waals surface area contributed by atoms with Crippen LogP contribution in [0.1, 0.15) is 11.1 Å². The van der Waals surface area contributed by atoms with Crippen molar-refractivity contribution in [1.82, 2.24) is 15.5 Å². The van der Waals surface area contributed by atoms with Crippen LogP contribution in [0.15, 0.2) is 52.9 Å². The number of nitrogens with zero attached hydrogens (tertiary/aromatic N) is 2. The molecular weight excluding hydrogens is 455 g/mol. The highest BCUT2D eigenvalue weighted by Crippen LogP contribution is 2.32. The first-order chi connectivity index (χ1) is 15.5. The number of benzene rings is 2. The number of rotatable bonds is 8. The summed E-state index contributed by atoms with van der Waals surface area (Å²) in [6.07, 6.45) is 3.04. The normalized spacial score (nSPS) is 12.2. The second-order valence-corrected chi connectivity index (χ2v) is 8.70. The van der Waals surface area contributed by atoms with Gasteiger partial charge in [-0.1, -0.05) is 41.3 Å². The van der Waals surface area contributed by atoms with Gasteiger partial charge in [0.1, 0.15) is 5.82 Å². The Balaban J connectivity index is 1.21. The van der Waals surface area contributed by atoms with Crippen molar-refractivity contribution in [3.8, 4) is 11.5 Å². The molecule has 1 aliphatic heterocycles. The van der Waals surface area contributed by atoms with Crippen LogP contribution in [0.2, 0.25) is 0 Å².